The minimum atomic E-state index is -1.20. The van der Waals surface area contributed by atoms with Crippen molar-refractivity contribution < 1.29 is 14.3 Å². The number of aryl methyl sites for hydroxylation is 1. The summed E-state index contributed by atoms with van der Waals surface area (Å²) in [5.41, 5.74) is 2.02. The van der Waals surface area contributed by atoms with Crippen molar-refractivity contribution in [2.45, 2.75) is 32.3 Å². The average Bonchev–Trinajstić information content (AvgIpc) is 2.55. The number of nitrogens with one attached hydrogen (secondary N) is 1. The van der Waals surface area contributed by atoms with Gasteiger partial charge in [-0.1, -0.05) is 37.3 Å². The minimum absolute atomic E-state index is 0.311. The van der Waals surface area contributed by atoms with Gasteiger partial charge in [0.05, 0.1) is 5.56 Å². The number of hydrogen-bond acceptors (Lipinski definition) is 3. The van der Waals surface area contributed by atoms with Crippen molar-refractivity contribution in [2.75, 3.05) is 5.32 Å². The molecule has 1 heterocycles. The van der Waals surface area contributed by atoms with Crippen LogP contribution in [0.3, 0.4) is 0 Å². The highest BCUT2D eigenvalue weighted by Crippen LogP contribution is 2.29. The maximum atomic E-state index is 12.7. The van der Waals surface area contributed by atoms with Crippen molar-refractivity contribution in [3.05, 3.63) is 65.2 Å². The predicted molar refractivity (Wildman–Crippen MR) is 88.4 cm³/mol. The first-order chi connectivity index (χ1) is 11.0. The number of esters is 1. The van der Waals surface area contributed by atoms with E-state index in [0.717, 1.165) is 17.5 Å². The molecular weight excluding hydrogens is 290 g/mol. The van der Waals surface area contributed by atoms with Gasteiger partial charge in [0.15, 0.2) is 5.60 Å². The molecule has 2 aromatic rings. The number of hydrogen-bond donors (Lipinski definition) is 1. The second kappa shape index (κ2) is 5.88. The lowest BCUT2D eigenvalue weighted by Gasteiger charge is -2.33. The molecule has 0 saturated carbocycles. The first kappa shape index (κ1) is 15.3. The van der Waals surface area contributed by atoms with Gasteiger partial charge in [0, 0.05) is 12.1 Å². The molecule has 0 saturated heterocycles. The van der Waals surface area contributed by atoms with Crippen LogP contribution in [0.1, 0.15) is 35.3 Å². The number of carbonyl (C=O) groups is 2. The Morgan fingerprint density at radius 1 is 1.22 bits per heavy atom. The predicted octanol–water partition coefficient (Wildman–Crippen LogP) is 3.36. The first-order valence-corrected chi connectivity index (χ1v) is 7.73. The summed E-state index contributed by atoms with van der Waals surface area (Å²) in [6.45, 7) is 3.71. The summed E-state index contributed by atoms with van der Waals surface area (Å²) in [4.78, 5) is 24.8. The normalized spacial score (nSPS) is 19.7. The summed E-state index contributed by atoms with van der Waals surface area (Å²) in [7, 11) is 0. The van der Waals surface area contributed by atoms with E-state index in [0.29, 0.717) is 17.7 Å². The molecule has 1 amide bonds. The third kappa shape index (κ3) is 2.97. The maximum absolute atomic E-state index is 12.7. The molecule has 0 spiro atoms. The number of ether oxygens (including phenoxy) is 1. The van der Waals surface area contributed by atoms with Gasteiger partial charge in [-0.15, -0.1) is 0 Å². The van der Waals surface area contributed by atoms with E-state index in [2.05, 4.69) is 12.2 Å². The van der Waals surface area contributed by atoms with Crippen LogP contribution in [0.25, 0.3) is 0 Å². The Kier molecular flexibility index (Phi) is 3.90. The van der Waals surface area contributed by atoms with Crippen LogP contribution >= 0.6 is 0 Å². The van der Waals surface area contributed by atoms with Gasteiger partial charge in [0.25, 0.3) is 5.91 Å². The Balaban J connectivity index is 1.83. The molecule has 0 aliphatic carbocycles. The van der Waals surface area contributed by atoms with Crippen molar-refractivity contribution in [1.82, 2.24) is 0 Å². The molecule has 1 aliphatic heterocycles. The molecule has 1 N–H and O–H groups in total. The van der Waals surface area contributed by atoms with Crippen LogP contribution in [-0.4, -0.2) is 17.5 Å². The van der Waals surface area contributed by atoms with Gasteiger partial charge in [-0.2, -0.15) is 0 Å². The fraction of sp³-hybridized carbons (Fsp3) is 0.263. The zero-order chi connectivity index (χ0) is 16.4. The molecule has 3 rings (SSSR count). The van der Waals surface area contributed by atoms with Crippen molar-refractivity contribution >= 4 is 17.6 Å². The first-order valence-electron chi connectivity index (χ1n) is 7.73. The summed E-state index contributed by atoms with van der Waals surface area (Å²) >= 11 is 0. The zero-order valence-electron chi connectivity index (χ0n) is 13.3. The average molecular weight is 309 g/mol. The smallest absolute Gasteiger partial charge is 0.339 e. The lowest BCUT2D eigenvalue weighted by Crippen LogP contribution is -2.48. The topological polar surface area (TPSA) is 55.4 Å². The van der Waals surface area contributed by atoms with Crippen LogP contribution in [-0.2, 0) is 22.4 Å². The summed E-state index contributed by atoms with van der Waals surface area (Å²) < 4.78 is 5.44. The summed E-state index contributed by atoms with van der Waals surface area (Å²) in [5, 5.41) is 2.86. The third-order valence-corrected chi connectivity index (χ3v) is 4.16. The van der Waals surface area contributed by atoms with E-state index in [1.54, 1.807) is 19.1 Å². The highest BCUT2D eigenvalue weighted by molar-refractivity contribution is 6.02. The van der Waals surface area contributed by atoms with E-state index < -0.39 is 11.6 Å². The molecule has 1 atom stereocenters. The summed E-state index contributed by atoms with van der Waals surface area (Å²) in [5.74, 6) is -0.764. The fourth-order valence-corrected chi connectivity index (χ4v) is 2.79. The molecular formula is C19H19NO3. The van der Waals surface area contributed by atoms with Crippen molar-refractivity contribution in [2.24, 2.45) is 0 Å². The Morgan fingerprint density at radius 2 is 2.00 bits per heavy atom. The van der Waals surface area contributed by atoms with Crippen LogP contribution in [0.2, 0.25) is 0 Å². The second-order valence-corrected chi connectivity index (χ2v) is 5.96. The number of carbonyl (C=O) groups excluding carboxylic acids is 2. The molecule has 23 heavy (non-hydrogen) atoms. The van der Waals surface area contributed by atoms with Gasteiger partial charge in [0.2, 0.25) is 0 Å². The summed E-state index contributed by atoms with van der Waals surface area (Å²) in [6.07, 6.45) is 1.26. The molecule has 4 nitrogen and oxygen atoms in total. The largest absolute Gasteiger partial charge is 0.445 e. The van der Waals surface area contributed by atoms with Gasteiger partial charge >= 0.3 is 5.97 Å². The Labute approximate surface area is 135 Å². The molecule has 118 valence electrons. The SMILES string of the molecule is CCc1cccc(NC(=O)C2(C)Cc3ccccc3C(=O)O2)c1. The van der Waals surface area contributed by atoms with Crippen LogP contribution < -0.4 is 5.32 Å². The van der Waals surface area contributed by atoms with Gasteiger partial charge in [-0.3, -0.25) is 4.79 Å². The Bertz CT molecular complexity index is 769. The minimum Gasteiger partial charge on any atom is -0.445 e. The highest BCUT2D eigenvalue weighted by atomic mass is 16.6. The van der Waals surface area contributed by atoms with E-state index in [4.69, 9.17) is 4.74 Å². The fourth-order valence-electron chi connectivity index (χ4n) is 2.79. The Morgan fingerprint density at radius 3 is 2.78 bits per heavy atom. The van der Waals surface area contributed by atoms with Gasteiger partial charge < -0.3 is 10.1 Å². The molecule has 1 unspecified atom stereocenters. The molecule has 0 bridgehead atoms. The number of amides is 1. The van der Waals surface area contributed by atoms with Gasteiger partial charge in [-0.25, -0.2) is 4.79 Å². The van der Waals surface area contributed by atoms with Crippen LogP contribution in [0.5, 0.6) is 0 Å². The number of anilines is 1. The lowest BCUT2D eigenvalue weighted by atomic mass is 9.89. The second-order valence-electron chi connectivity index (χ2n) is 5.96. The van der Waals surface area contributed by atoms with E-state index >= 15 is 0 Å². The molecule has 0 fully saturated rings. The van der Waals surface area contributed by atoms with Crippen molar-refractivity contribution in [1.29, 1.82) is 0 Å². The highest BCUT2D eigenvalue weighted by Gasteiger charge is 2.42. The number of rotatable bonds is 3. The Hall–Kier alpha value is -2.62. The van der Waals surface area contributed by atoms with E-state index in [9.17, 15) is 9.59 Å². The van der Waals surface area contributed by atoms with Crippen molar-refractivity contribution in [3.63, 3.8) is 0 Å². The molecule has 0 radical (unpaired) electrons. The van der Waals surface area contributed by atoms with E-state index in [1.807, 2.05) is 36.4 Å². The van der Waals surface area contributed by atoms with Crippen LogP contribution in [0.15, 0.2) is 48.5 Å². The summed E-state index contributed by atoms with van der Waals surface area (Å²) in [6, 6.07) is 14.9. The van der Waals surface area contributed by atoms with Crippen LogP contribution in [0.4, 0.5) is 5.69 Å². The molecule has 1 aliphatic rings. The standard InChI is InChI=1S/C19H19NO3/c1-3-13-7-6-9-15(11-13)20-18(22)19(2)12-14-8-4-5-10-16(14)17(21)23-19/h4-11H,3,12H2,1-2H3,(H,20,22). The molecule has 2 aromatic carbocycles. The maximum Gasteiger partial charge on any atom is 0.339 e. The molecule has 0 aromatic heterocycles. The van der Waals surface area contributed by atoms with E-state index in [1.165, 1.54) is 0 Å². The zero-order valence-corrected chi connectivity index (χ0v) is 13.3. The number of cyclic esters (lactones) is 1. The number of benzene rings is 2. The quantitative estimate of drug-likeness (QED) is 0.885. The van der Waals surface area contributed by atoms with Crippen molar-refractivity contribution in [3.8, 4) is 0 Å². The van der Waals surface area contributed by atoms with Gasteiger partial charge in [0.1, 0.15) is 0 Å². The van der Waals surface area contributed by atoms with E-state index in [-0.39, 0.29) is 5.91 Å². The lowest BCUT2D eigenvalue weighted by molar-refractivity contribution is -0.134. The monoisotopic (exact) mass is 309 g/mol. The van der Waals surface area contributed by atoms with Gasteiger partial charge in [-0.05, 0) is 42.7 Å². The third-order valence-electron chi connectivity index (χ3n) is 4.16. The van der Waals surface area contributed by atoms with Crippen LogP contribution in [0, 0.1) is 0 Å². The molecule has 4 heteroatoms. The number of fused-ring (bicyclic) bond motifs is 1.